The third-order valence-electron chi connectivity index (χ3n) is 7.30. The summed E-state index contributed by atoms with van der Waals surface area (Å²) in [5.41, 5.74) is -0.410. The monoisotopic (exact) mass is 363 g/mol. The van der Waals surface area contributed by atoms with Crippen LogP contribution in [0.1, 0.15) is 52.9 Å². The highest BCUT2D eigenvalue weighted by atomic mass is 17.3. The van der Waals surface area contributed by atoms with Crippen molar-refractivity contribution in [2.45, 2.75) is 82.8 Å². The molecule has 26 heavy (non-hydrogen) atoms. The summed E-state index contributed by atoms with van der Waals surface area (Å²) < 4.78 is 12.7. The number of rotatable bonds is 3. The number of aliphatic hydroxyl groups is 1. The van der Waals surface area contributed by atoms with Gasteiger partial charge in [-0.15, -0.1) is 0 Å². The summed E-state index contributed by atoms with van der Waals surface area (Å²) in [6.07, 6.45) is 2.68. The quantitative estimate of drug-likeness (QED) is 0.613. The minimum absolute atomic E-state index is 0.164. The predicted molar refractivity (Wildman–Crippen MR) is 92.2 cm³/mol. The fourth-order valence-electron chi connectivity index (χ4n) is 5.68. The first-order valence-electron chi connectivity index (χ1n) is 9.78. The summed E-state index contributed by atoms with van der Waals surface area (Å²) >= 11 is 0. The molecular weight excluding hydrogens is 334 g/mol. The molecule has 4 saturated heterocycles. The van der Waals surface area contributed by atoms with Gasteiger partial charge in [-0.2, -0.15) is 5.26 Å². The number of ether oxygens (including phenoxy) is 2. The first-order chi connectivity index (χ1) is 12.3. The maximum absolute atomic E-state index is 10.3. The Morgan fingerprint density at radius 3 is 2.77 bits per heavy atom. The van der Waals surface area contributed by atoms with E-state index in [0.717, 1.165) is 25.7 Å². The van der Waals surface area contributed by atoms with Crippen LogP contribution in [0.2, 0.25) is 0 Å². The largest absolute Gasteiger partial charge is 0.388 e. The predicted octanol–water partition coefficient (Wildman–Crippen LogP) is 3.07. The number of aliphatic hydroxyl groups excluding tert-OH is 1. The van der Waals surface area contributed by atoms with Gasteiger partial charge in [0, 0.05) is 18.8 Å². The minimum Gasteiger partial charge on any atom is -0.388 e. The molecule has 1 saturated carbocycles. The minimum atomic E-state index is -0.893. The highest BCUT2D eigenvalue weighted by Crippen LogP contribution is 2.60. The van der Waals surface area contributed by atoms with Crippen LogP contribution in [-0.2, 0) is 19.2 Å². The van der Waals surface area contributed by atoms with E-state index >= 15 is 0 Å². The first kappa shape index (κ1) is 18.4. The standard InChI is InChI=1S/C20H29NO5/c1-11-5-6-15-13(3)17(9-16(22)12(2)10-21)23-18-20(15)14(11)7-8-19(4,24-18)25-26-20/h11,13-18,22H,2,5-9H2,1,3-4H3/t11-,13-,14+,15+,16+,17-,18-,19-,20-/m1/s1. The summed E-state index contributed by atoms with van der Waals surface area (Å²) in [7, 11) is 0. The Hall–Kier alpha value is -0.970. The lowest BCUT2D eigenvalue weighted by molar-refractivity contribution is -0.571. The highest BCUT2D eigenvalue weighted by molar-refractivity contribution is 5.21. The van der Waals surface area contributed by atoms with E-state index in [1.165, 1.54) is 0 Å². The molecule has 1 N–H and O–H groups in total. The third-order valence-corrected chi connectivity index (χ3v) is 7.30. The molecule has 9 atom stereocenters. The van der Waals surface area contributed by atoms with Gasteiger partial charge in [0.1, 0.15) is 0 Å². The Labute approximate surface area is 155 Å². The topological polar surface area (TPSA) is 80.9 Å². The van der Waals surface area contributed by atoms with Crippen molar-refractivity contribution < 1.29 is 24.4 Å². The molecule has 5 rings (SSSR count). The van der Waals surface area contributed by atoms with Crippen molar-refractivity contribution in [1.29, 1.82) is 5.26 Å². The second kappa shape index (κ2) is 6.29. The smallest absolute Gasteiger partial charge is 0.201 e. The van der Waals surface area contributed by atoms with E-state index in [4.69, 9.17) is 24.5 Å². The van der Waals surface area contributed by atoms with E-state index in [1.54, 1.807) is 0 Å². The molecule has 4 heterocycles. The van der Waals surface area contributed by atoms with E-state index in [2.05, 4.69) is 20.4 Å². The van der Waals surface area contributed by atoms with E-state index < -0.39 is 23.8 Å². The fourth-order valence-corrected chi connectivity index (χ4v) is 5.68. The summed E-state index contributed by atoms with van der Waals surface area (Å²) in [6.45, 7) is 9.98. The number of nitriles is 1. The molecule has 2 bridgehead atoms. The molecule has 1 spiro atoms. The van der Waals surface area contributed by atoms with Crippen molar-refractivity contribution in [2.24, 2.45) is 23.7 Å². The number of hydrogen-bond donors (Lipinski definition) is 1. The zero-order valence-corrected chi connectivity index (χ0v) is 15.8. The number of hydrogen-bond acceptors (Lipinski definition) is 6. The van der Waals surface area contributed by atoms with Crippen LogP contribution in [0.25, 0.3) is 0 Å². The second-order valence-electron chi connectivity index (χ2n) is 8.83. The van der Waals surface area contributed by atoms with Gasteiger partial charge in [0.2, 0.25) is 5.79 Å². The molecule has 1 aliphatic carbocycles. The van der Waals surface area contributed by atoms with Gasteiger partial charge in [0.25, 0.3) is 0 Å². The molecular formula is C20H29NO5. The molecule has 144 valence electrons. The van der Waals surface area contributed by atoms with Crippen LogP contribution in [0.3, 0.4) is 0 Å². The summed E-state index contributed by atoms with van der Waals surface area (Å²) in [5.74, 6) is 0.461. The van der Waals surface area contributed by atoms with Gasteiger partial charge in [0.15, 0.2) is 11.9 Å². The lowest BCUT2D eigenvalue weighted by atomic mass is 9.57. The average Bonchev–Trinajstić information content (AvgIpc) is 2.84. The Kier molecular flexibility index (Phi) is 4.45. The van der Waals surface area contributed by atoms with Crippen molar-refractivity contribution in [3.05, 3.63) is 12.2 Å². The summed E-state index contributed by atoms with van der Waals surface area (Å²) in [6, 6.07) is 1.94. The molecule has 6 heteroatoms. The highest BCUT2D eigenvalue weighted by Gasteiger charge is 2.69. The van der Waals surface area contributed by atoms with E-state index in [-0.39, 0.29) is 23.5 Å². The maximum Gasteiger partial charge on any atom is 0.201 e. The van der Waals surface area contributed by atoms with Gasteiger partial charge in [-0.25, -0.2) is 9.78 Å². The first-order valence-corrected chi connectivity index (χ1v) is 9.78. The van der Waals surface area contributed by atoms with E-state index in [0.29, 0.717) is 18.3 Å². The SMILES string of the molecule is C=C(C#N)[C@@H](O)C[C@H]1O[C@@H]2O[C@@]3(C)CC[C@H]4[C@H](C)CC[C@@H]([C@H]1C)[C@@]24OO3. The zero-order valence-electron chi connectivity index (χ0n) is 15.8. The fraction of sp³-hybridized carbons (Fsp3) is 0.850. The molecule has 0 radical (unpaired) electrons. The Bertz CT molecular complexity index is 632. The molecule has 5 aliphatic rings. The van der Waals surface area contributed by atoms with Crippen LogP contribution >= 0.6 is 0 Å². The van der Waals surface area contributed by atoms with Gasteiger partial charge >= 0.3 is 0 Å². The summed E-state index contributed by atoms with van der Waals surface area (Å²) in [5, 5.41) is 19.3. The Balaban J connectivity index is 1.66. The van der Waals surface area contributed by atoms with Gasteiger partial charge in [-0.3, -0.25) is 0 Å². The van der Waals surface area contributed by atoms with Crippen LogP contribution in [0.15, 0.2) is 12.2 Å². The maximum atomic E-state index is 10.3. The van der Waals surface area contributed by atoms with Crippen molar-refractivity contribution >= 4 is 0 Å². The normalized spacial score (nSPS) is 51.0. The molecule has 4 aliphatic heterocycles. The van der Waals surface area contributed by atoms with Gasteiger partial charge < -0.3 is 14.6 Å². The zero-order chi connectivity index (χ0) is 18.7. The number of nitrogens with zero attached hydrogens (tertiary/aromatic N) is 1. The van der Waals surface area contributed by atoms with Crippen LogP contribution in [-0.4, -0.2) is 35.0 Å². The van der Waals surface area contributed by atoms with Crippen LogP contribution < -0.4 is 0 Å². The molecule has 0 aromatic carbocycles. The van der Waals surface area contributed by atoms with E-state index in [9.17, 15) is 5.11 Å². The average molecular weight is 363 g/mol. The Morgan fingerprint density at radius 1 is 1.27 bits per heavy atom. The van der Waals surface area contributed by atoms with Gasteiger partial charge in [0.05, 0.1) is 23.9 Å². The molecule has 6 nitrogen and oxygen atoms in total. The third kappa shape index (κ3) is 2.56. The molecule has 0 aromatic rings. The second-order valence-corrected chi connectivity index (χ2v) is 8.83. The van der Waals surface area contributed by atoms with Crippen molar-refractivity contribution in [2.75, 3.05) is 0 Å². The van der Waals surface area contributed by atoms with E-state index in [1.807, 2.05) is 13.0 Å². The lowest BCUT2D eigenvalue weighted by Crippen LogP contribution is -2.70. The van der Waals surface area contributed by atoms with Gasteiger partial charge in [-0.1, -0.05) is 20.4 Å². The van der Waals surface area contributed by atoms with Crippen LogP contribution in [0.4, 0.5) is 0 Å². The van der Waals surface area contributed by atoms with Crippen molar-refractivity contribution in [3.63, 3.8) is 0 Å². The van der Waals surface area contributed by atoms with Crippen molar-refractivity contribution in [3.8, 4) is 6.07 Å². The molecule has 5 fully saturated rings. The molecule has 0 unspecified atom stereocenters. The van der Waals surface area contributed by atoms with Gasteiger partial charge in [-0.05, 0) is 43.9 Å². The van der Waals surface area contributed by atoms with Crippen LogP contribution in [0, 0.1) is 35.0 Å². The van der Waals surface area contributed by atoms with Crippen LogP contribution in [0.5, 0.6) is 0 Å². The van der Waals surface area contributed by atoms with Crippen molar-refractivity contribution in [1.82, 2.24) is 0 Å². The number of fused-ring (bicyclic) bond motifs is 2. The Morgan fingerprint density at radius 2 is 2.04 bits per heavy atom. The molecule has 0 aromatic heterocycles. The lowest BCUT2D eigenvalue weighted by Gasteiger charge is -2.60. The summed E-state index contributed by atoms with van der Waals surface area (Å²) in [4.78, 5) is 11.9. The molecule has 0 amide bonds.